The first-order chi connectivity index (χ1) is 1.00. The molecule has 1 nitrogen and oxygen atoms in total. The molecule has 0 spiro atoms. The van der Waals surface area contributed by atoms with Crippen LogP contribution in [0, 0.1) is 11.8 Å². The molecule has 20 valence electrons. The third-order valence-corrected chi connectivity index (χ3v) is 0. The predicted octanol–water partition coefficient (Wildman–Crippen LogP) is -5.79. The van der Waals surface area contributed by atoms with Crippen LogP contribution in [0.15, 0.2) is 0 Å². The topological polar surface area (TPSA) is 23.8 Å². The molecule has 0 N–H and O–H groups in total. The second-order valence-electron chi connectivity index (χ2n) is 0. The monoisotopic (exact) mass is 129 g/mol. The largest absolute Gasteiger partial charge is 1.00 e. The summed E-state index contributed by atoms with van der Waals surface area (Å²) in [4.78, 5) is 0. The minimum atomic E-state index is 0. The summed E-state index contributed by atoms with van der Waals surface area (Å²) in [5.74, 6) is 0. The van der Waals surface area contributed by atoms with Crippen molar-refractivity contribution in [1.29, 1.82) is 5.26 Å². The first-order valence-corrected chi connectivity index (χ1v) is 0.224. The first-order valence-electron chi connectivity index (χ1n) is 0.224. The molecule has 0 fully saturated rings. The maximum atomic E-state index is 6.25. The Bertz CT molecular complexity index is 20.3. The van der Waals surface area contributed by atoms with Crippen molar-refractivity contribution < 1.29 is 88.7 Å². The Kier molecular flexibility index (Phi) is 183. The van der Waals surface area contributed by atoms with Gasteiger partial charge in [-0.2, -0.15) is 0 Å². The van der Waals surface area contributed by atoms with Crippen LogP contribution in [0.4, 0.5) is 0 Å². The molecule has 0 aliphatic carbocycles. The Morgan fingerprint density at radius 3 is 1.40 bits per heavy atom. The van der Waals surface area contributed by atoms with Crippen molar-refractivity contribution in [2.24, 2.45) is 0 Å². The zero-order valence-corrected chi connectivity index (χ0v) is 7.53. The third kappa shape index (κ3) is 22.3. The molecule has 4 heteroatoms. The van der Waals surface area contributed by atoms with Gasteiger partial charge in [-0.15, -0.1) is 0 Å². The molecule has 0 amide bonds. The van der Waals surface area contributed by atoms with Crippen molar-refractivity contribution in [3.8, 4) is 0 Å². The average Bonchev–Trinajstić information content (AvgIpc) is 1.00. The minimum Gasteiger partial charge on any atom is -1.00 e. The number of hydrogen-bond acceptors (Lipinski definition) is 1. The molecule has 0 unspecified atom stereocenters. The van der Waals surface area contributed by atoms with Crippen molar-refractivity contribution in [1.82, 2.24) is 0 Å². The Balaban J connectivity index is -0.000000000833. The first kappa shape index (κ1) is 26.8. The van der Waals surface area contributed by atoms with E-state index in [9.17, 15) is 0 Å². The zero-order valence-electron chi connectivity index (χ0n) is 4.30. The molecule has 0 rings (SSSR count). The Morgan fingerprint density at radius 1 is 1.40 bits per heavy atom. The van der Waals surface area contributed by atoms with Crippen molar-refractivity contribution >= 4 is 0 Å². The van der Waals surface area contributed by atoms with Crippen LogP contribution in [0.2, 0.25) is 0 Å². The molecule has 0 aliphatic rings. The maximum absolute atomic E-state index is 6.25. The second-order valence-corrected chi connectivity index (χ2v) is 0. The van der Waals surface area contributed by atoms with E-state index >= 15 is 0 Å². The standard InChI is InChI=1S/CN.Fe.K.Li.H/c1-2;;;;/q-1;;2*+1;-1. The summed E-state index contributed by atoms with van der Waals surface area (Å²) in [5.41, 5.74) is 0. The number of nitrogens with zero attached hydrogens (tertiary/aromatic N) is 1. The molecule has 0 radical (unpaired) electrons. The summed E-state index contributed by atoms with van der Waals surface area (Å²) in [6, 6.07) is 0. The fraction of sp³-hybridized carbons (Fsp3) is 0. The van der Waals surface area contributed by atoms with Gasteiger partial charge in [0, 0.05) is 17.1 Å². The summed E-state index contributed by atoms with van der Waals surface area (Å²) in [6.07, 6.45) is 0. The van der Waals surface area contributed by atoms with E-state index in [1.165, 1.54) is 0 Å². The van der Waals surface area contributed by atoms with Gasteiger partial charge in [-0.25, -0.2) is 0 Å². The van der Waals surface area contributed by atoms with Crippen LogP contribution in [-0.4, -0.2) is 0 Å². The molecule has 0 aliphatic heterocycles. The van der Waals surface area contributed by atoms with Crippen LogP contribution in [-0.2, 0) is 17.1 Å². The van der Waals surface area contributed by atoms with Crippen LogP contribution >= 0.6 is 0 Å². The smallest absolute Gasteiger partial charge is 1.00 e. The molecule has 0 aromatic carbocycles. The van der Waals surface area contributed by atoms with Gasteiger partial charge in [-0.05, 0) is 0 Å². The van der Waals surface area contributed by atoms with Gasteiger partial charge in [0.05, 0.1) is 0 Å². The maximum Gasteiger partial charge on any atom is 1.00 e. The molecular formula is CHFeKLiN. The van der Waals surface area contributed by atoms with E-state index in [1.54, 1.807) is 0 Å². The van der Waals surface area contributed by atoms with Gasteiger partial charge in [0.15, 0.2) is 0 Å². The Labute approximate surface area is 98.4 Å². The molecule has 0 heterocycles. The van der Waals surface area contributed by atoms with Gasteiger partial charge in [0.2, 0.25) is 0 Å². The molecule has 0 bridgehead atoms. The van der Waals surface area contributed by atoms with Crippen LogP contribution in [0.25, 0.3) is 0 Å². The van der Waals surface area contributed by atoms with Gasteiger partial charge in [0.1, 0.15) is 0 Å². The normalized spacial score (nSPS) is 0.400. The van der Waals surface area contributed by atoms with Crippen molar-refractivity contribution in [2.75, 3.05) is 0 Å². The molecule has 0 atom stereocenters. The average molecular weight is 129 g/mol. The molecular weight excluding hydrogens is 128 g/mol. The summed E-state index contributed by atoms with van der Waals surface area (Å²) in [6.45, 7) is 4.75. The van der Waals surface area contributed by atoms with Gasteiger partial charge in [0.25, 0.3) is 0 Å². The Morgan fingerprint density at radius 2 is 1.40 bits per heavy atom. The van der Waals surface area contributed by atoms with Crippen LogP contribution in [0.1, 0.15) is 1.43 Å². The molecule has 0 aromatic heterocycles. The van der Waals surface area contributed by atoms with E-state index in [4.69, 9.17) is 11.8 Å². The van der Waals surface area contributed by atoms with E-state index in [0.717, 1.165) is 0 Å². The minimum absolute atomic E-state index is 0. The molecule has 0 saturated heterocycles. The third-order valence-electron chi connectivity index (χ3n) is 0. The van der Waals surface area contributed by atoms with Gasteiger partial charge in [-0.3, -0.25) is 0 Å². The zero-order chi connectivity index (χ0) is 2.00. The van der Waals surface area contributed by atoms with Crippen LogP contribution in [0.5, 0.6) is 0 Å². The van der Waals surface area contributed by atoms with E-state index in [-0.39, 0.29) is 88.7 Å². The number of hydrogen-bond donors (Lipinski definition) is 0. The van der Waals surface area contributed by atoms with Crippen LogP contribution < -0.4 is 70.2 Å². The fourth-order valence-electron chi connectivity index (χ4n) is 0. The summed E-state index contributed by atoms with van der Waals surface area (Å²) >= 11 is 0. The van der Waals surface area contributed by atoms with Gasteiger partial charge >= 0.3 is 70.2 Å². The number of rotatable bonds is 0. The van der Waals surface area contributed by atoms with Gasteiger partial charge < -0.3 is 13.3 Å². The molecule has 0 saturated carbocycles. The predicted molar refractivity (Wildman–Crippen MR) is 6.08 cm³/mol. The van der Waals surface area contributed by atoms with Crippen molar-refractivity contribution in [3.05, 3.63) is 6.57 Å². The molecule has 5 heavy (non-hydrogen) atoms. The Hall–Kier alpha value is 2.24. The van der Waals surface area contributed by atoms with Crippen LogP contribution in [0.3, 0.4) is 0 Å². The van der Waals surface area contributed by atoms with E-state index in [2.05, 4.69) is 0 Å². The fourth-order valence-corrected chi connectivity index (χ4v) is 0. The van der Waals surface area contributed by atoms with Crippen molar-refractivity contribution in [2.45, 2.75) is 0 Å². The van der Waals surface area contributed by atoms with E-state index < -0.39 is 0 Å². The van der Waals surface area contributed by atoms with Gasteiger partial charge in [-0.1, -0.05) is 0 Å². The second kappa shape index (κ2) is 34.1. The summed E-state index contributed by atoms with van der Waals surface area (Å²) in [7, 11) is 0. The molecule has 0 aromatic rings. The SMILES string of the molecule is [C-]#N.[Fe].[H-].[K+].[Li+]. The van der Waals surface area contributed by atoms with E-state index in [1.807, 2.05) is 0 Å². The van der Waals surface area contributed by atoms with E-state index in [0.29, 0.717) is 0 Å². The van der Waals surface area contributed by atoms with Crippen molar-refractivity contribution in [3.63, 3.8) is 0 Å². The summed E-state index contributed by atoms with van der Waals surface area (Å²) < 4.78 is 0. The summed E-state index contributed by atoms with van der Waals surface area (Å²) in [5, 5.41) is 6.25. The quantitative estimate of drug-likeness (QED) is 0.236.